The third-order valence-corrected chi connectivity index (χ3v) is 6.95. The van der Waals surface area contributed by atoms with Crippen LogP contribution in [0, 0.1) is 23.2 Å². The van der Waals surface area contributed by atoms with Gasteiger partial charge in [-0.25, -0.2) is 0 Å². The number of hydrogen-bond donors (Lipinski definition) is 0. The molecule has 6 nitrogen and oxygen atoms in total. The van der Waals surface area contributed by atoms with E-state index in [9.17, 15) is 9.59 Å². The van der Waals surface area contributed by atoms with Gasteiger partial charge in [0, 0.05) is 17.4 Å². The Morgan fingerprint density at radius 1 is 0.818 bits per heavy atom. The van der Waals surface area contributed by atoms with Gasteiger partial charge in [0.25, 0.3) is 11.8 Å². The molecule has 4 aliphatic rings. The first-order chi connectivity index (χ1) is 16.2. The molecule has 2 amide bonds. The second-order valence-electron chi connectivity index (χ2n) is 8.48. The maximum absolute atomic E-state index is 13.6. The van der Waals surface area contributed by atoms with Crippen LogP contribution in [0.3, 0.4) is 0 Å². The highest BCUT2D eigenvalue weighted by molar-refractivity contribution is 6.08. The Balaban J connectivity index is 1.40. The van der Waals surface area contributed by atoms with Crippen molar-refractivity contribution >= 4 is 18.0 Å². The quantitative estimate of drug-likeness (QED) is 0.463. The van der Waals surface area contributed by atoms with Crippen molar-refractivity contribution in [2.24, 2.45) is 16.9 Å². The van der Waals surface area contributed by atoms with Gasteiger partial charge in [0.2, 0.25) is 0 Å². The van der Waals surface area contributed by atoms with Gasteiger partial charge in [-0.05, 0) is 34.4 Å². The van der Waals surface area contributed by atoms with Crippen molar-refractivity contribution in [1.29, 1.82) is 5.26 Å². The predicted octanol–water partition coefficient (Wildman–Crippen LogP) is 3.82. The summed E-state index contributed by atoms with van der Waals surface area (Å²) in [5, 5.41) is 14.2. The number of rotatable bonds is 4. The van der Waals surface area contributed by atoms with E-state index >= 15 is 0 Å². The molecular weight excluding hydrogens is 414 g/mol. The zero-order valence-corrected chi connectivity index (χ0v) is 17.6. The predicted molar refractivity (Wildman–Crippen MR) is 121 cm³/mol. The lowest BCUT2D eigenvalue weighted by Crippen LogP contribution is -2.41. The zero-order valence-electron chi connectivity index (χ0n) is 17.6. The highest BCUT2D eigenvalue weighted by Gasteiger charge is 2.61. The Bertz CT molecular complexity index is 1260. The normalized spacial score (nSPS) is 24.4. The first kappa shape index (κ1) is 19.4. The standard InChI is InChI=1S/C27H19N3O3/c28-13-14-33-21-12-6-1-7-16(21)15-29-30-26(31)24-22-17-8-2-3-9-18(17)23(25(24)27(30)32)20-11-5-4-10-19(20)22/h1-12,15,22-25H,14H2/b29-15-/t22?,23?,24-,25+. The van der Waals surface area contributed by atoms with Crippen LogP contribution in [0.15, 0.2) is 77.9 Å². The van der Waals surface area contributed by atoms with Crippen molar-refractivity contribution in [2.45, 2.75) is 11.8 Å². The average Bonchev–Trinajstić information content (AvgIpc) is 3.12. The van der Waals surface area contributed by atoms with Crippen molar-refractivity contribution in [3.8, 4) is 11.8 Å². The van der Waals surface area contributed by atoms with Crippen LogP contribution in [0.1, 0.15) is 39.7 Å². The van der Waals surface area contributed by atoms with E-state index in [-0.39, 0.29) is 30.3 Å². The molecule has 0 radical (unpaired) electrons. The Kier molecular flexibility index (Phi) is 4.37. The molecule has 7 rings (SSSR count). The molecule has 33 heavy (non-hydrogen) atoms. The summed E-state index contributed by atoms with van der Waals surface area (Å²) >= 11 is 0. The molecule has 1 fully saturated rings. The lowest BCUT2D eigenvalue weighted by atomic mass is 9.55. The van der Waals surface area contributed by atoms with E-state index in [0.717, 1.165) is 27.3 Å². The Morgan fingerprint density at radius 2 is 1.30 bits per heavy atom. The number of hydrazone groups is 1. The van der Waals surface area contributed by atoms with E-state index in [4.69, 9.17) is 10.00 Å². The molecule has 0 aromatic heterocycles. The summed E-state index contributed by atoms with van der Waals surface area (Å²) in [5.74, 6) is -1.31. The topological polar surface area (TPSA) is 82.8 Å². The van der Waals surface area contributed by atoms with Crippen molar-refractivity contribution in [3.05, 3.63) is 101 Å². The molecule has 6 heteroatoms. The molecule has 1 aliphatic heterocycles. The number of imide groups is 1. The highest BCUT2D eigenvalue weighted by Crippen LogP contribution is 2.60. The number of para-hydroxylation sites is 1. The van der Waals surface area contributed by atoms with Crippen LogP contribution in [0.2, 0.25) is 0 Å². The minimum atomic E-state index is -0.463. The zero-order chi connectivity index (χ0) is 22.5. The Labute approximate surface area is 190 Å². The van der Waals surface area contributed by atoms with Gasteiger partial charge in [-0.2, -0.15) is 15.4 Å². The Morgan fingerprint density at radius 3 is 1.82 bits per heavy atom. The van der Waals surface area contributed by atoms with Crippen molar-refractivity contribution in [3.63, 3.8) is 0 Å². The molecule has 160 valence electrons. The highest BCUT2D eigenvalue weighted by atomic mass is 16.5. The van der Waals surface area contributed by atoms with Gasteiger partial charge in [0.05, 0.1) is 18.1 Å². The minimum Gasteiger partial charge on any atom is -0.478 e. The van der Waals surface area contributed by atoms with Crippen LogP contribution >= 0.6 is 0 Å². The number of hydrogen-bond acceptors (Lipinski definition) is 5. The fourth-order valence-electron chi connectivity index (χ4n) is 5.72. The number of carbonyl (C=O) groups excluding carboxylic acids is 2. The summed E-state index contributed by atoms with van der Waals surface area (Å²) in [4.78, 5) is 27.1. The number of benzene rings is 3. The third-order valence-electron chi connectivity index (χ3n) is 6.95. The summed E-state index contributed by atoms with van der Waals surface area (Å²) in [6.07, 6.45) is 1.46. The summed E-state index contributed by atoms with van der Waals surface area (Å²) in [5.41, 5.74) is 5.11. The van der Waals surface area contributed by atoms with Gasteiger partial charge in [-0.15, -0.1) is 0 Å². The minimum absolute atomic E-state index is 0.101. The molecule has 2 atom stereocenters. The first-order valence-electron chi connectivity index (χ1n) is 10.9. The molecule has 3 aromatic rings. The fourth-order valence-corrected chi connectivity index (χ4v) is 5.72. The maximum atomic E-state index is 13.6. The largest absolute Gasteiger partial charge is 0.478 e. The van der Waals surface area contributed by atoms with Crippen molar-refractivity contribution in [2.75, 3.05) is 6.61 Å². The smallest absolute Gasteiger partial charge is 0.254 e. The lowest BCUT2D eigenvalue weighted by Gasteiger charge is -2.45. The van der Waals surface area contributed by atoms with Crippen molar-refractivity contribution in [1.82, 2.24) is 5.01 Å². The molecule has 0 N–H and O–H groups in total. The number of nitriles is 1. The molecule has 0 saturated carbocycles. The number of nitrogens with zero attached hydrogens (tertiary/aromatic N) is 3. The summed E-state index contributed by atoms with van der Waals surface area (Å²) in [6.45, 7) is -0.101. The molecular formula is C27H19N3O3. The average molecular weight is 433 g/mol. The van der Waals surface area contributed by atoms with Crippen molar-refractivity contribution < 1.29 is 14.3 Å². The van der Waals surface area contributed by atoms with E-state index in [1.54, 1.807) is 18.2 Å². The summed E-state index contributed by atoms with van der Waals surface area (Å²) in [6, 6.07) is 25.3. The van der Waals surface area contributed by atoms with E-state index in [1.807, 2.05) is 36.4 Å². The van der Waals surface area contributed by atoms with Gasteiger partial charge in [0.1, 0.15) is 11.8 Å². The molecule has 0 unspecified atom stereocenters. The van der Waals surface area contributed by atoms with Gasteiger partial charge in [-0.3, -0.25) is 9.59 Å². The van der Waals surface area contributed by atoms with Crippen LogP contribution in [0.5, 0.6) is 5.75 Å². The number of ether oxygens (including phenoxy) is 1. The van der Waals surface area contributed by atoms with Crippen LogP contribution in [0.25, 0.3) is 0 Å². The summed E-state index contributed by atoms with van der Waals surface area (Å²) in [7, 11) is 0. The molecule has 3 aromatic carbocycles. The van der Waals surface area contributed by atoms with E-state index in [0.29, 0.717) is 11.3 Å². The van der Waals surface area contributed by atoms with Gasteiger partial charge < -0.3 is 4.74 Å². The molecule has 2 bridgehead atoms. The monoisotopic (exact) mass is 433 g/mol. The summed E-state index contributed by atoms with van der Waals surface area (Å²) < 4.78 is 5.44. The van der Waals surface area contributed by atoms with E-state index in [1.165, 1.54) is 6.21 Å². The van der Waals surface area contributed by atoms with E-state index in [2.05, 4.69) is 29.4 Å². The molecule has 1 heterocycles. The fraction of sp³-hybridized carbons (Fsp3) is 0.185. The number of carbonyl (C=O) groups is 2. The van der Waals surface area contributed by atoms with E-state index < -0.39 is 11.8 Å². The van der Waals surface area contributed by atoms with Crippen LogP contribution in [-0.4, -0.2) is 29.6 Å². The first-order valence-corrected chi connectivity index (χ1v) is 10.9. The lowest BCUT2D eigenvalue weighted by molar-refractivity contribution is -0.139. The second kappa shape index (κ2) is 7.42. The maximum Gasteiger partial charge on any atom is 0.254 e. The van der Waals surface area contributed by atoms with Crippen LogP contribution in [0.4, 0.5) is 0 Å². The van der Waals surface area contributed by atoms with Crippen LogP contribution in [-0.2, 0) is 9.59 Å². The van der Waals surface area contributed by atoms with Gasteiger partial charge in [-0.1, -0.05) is 60.7 Å². The number of amides is 2. The van der Waals surface area contributed by atoms with Gasteiger partial charge in [0.15, 0.2) is 6.61 Å². The van der Waals surface area contributed by atoms with Crippen LogP contribution < -0.4 is 4.74 Å². The molecule has 3 aliphatic carbocycles. The van der Waals surface area contributed by atoms with Gasteiger partial charge >= 0.3 is 0 Å². The molecule has 0 spiro atoms. The Hall–Kier alpha value is -4.24. The third kappa shape index (κ3) is 2.76. The molecule has 1 saturated heterocycles. The second-order valence-corrected chi connectivity index (χ2v) is 8.48. The SMILES string of the molecule is N#CCOc1ccccc1/C=N\N1C(=O)[C@@H]2C3c4ccccc4C(c4ccccc43)[C@@H]2C1=O.